The number of amides is 1. The Hall–Kier alpha value is -1.00. The first kappa shape index (κ1) is 16.4. The van der Waals surface area contributed by atoms with Crippen LogP contribution in [0.1, 0.15) is 38.5 Å². The van der Waals surface area contributed by atoms with Crippen LogP contribution in [0.4, 0.5) is 0 Å². The lowest BCUT2D eigenvalue weighted by Crippen LogP contribution is -2.46. The second-order valence-electron chi connectivity index (χ2n) is 5.69. The Morgan fingerprint density at radius 3 is 2.71 bits per heavy atom. The summed E-state index contributed by atoms with van der Waals surface area (Å²) in [5.41, 5.74) is 0. The molecule has 0 aromatic heterocycles. The molecule has 2 rings (SSSR count). The van der Waals surface area contributed by atoms with Crippen molar-refractivity contribution in [1.29, 1.82) is 0 Å². The fourth-order valence-corrected chi connectivity index (χ4v) is 3.71. The minimum Gasteiger partial charge on any atom is -0.391 e. The lowest BCUT2D eigenvalue weighted by atomic mass is 9.91. The van der Waals surface area contributed by atoms with Crippen LogP contribution in [-0.2, 0) is 4.79 Å². The van der Waals surface area contributed by atoms with Gasteiger partial charge in [-0.25, -0.2) is 0 Å². The molecule has 3 nitrogen and oxygen atoms in total. The summed E-state index contributed by atoms with van der Waals surface area (Å²) in [7, 11) is 1.84. The van der Waals surface area contributed by atoms with Gasteiger partial charge in [0, 0.05) is 18.4 Å². The predicted molar refractivity (Wildman–Crippen MR) is 87.4 cm³/mol. The number of benzene rings is 1. The Morgan fingerprint density at radius 1 is 1.29 bits per heavy atom. The highest BCUT2D eigenvalue weighted by molar-refractivity contribution is 7.99. The van der Waals surface area contributed by atoms with E-state index < -0.39 is 0 Å². The summed E-state index contributed by atoms with van der Waals surface area (Å²) >= 11 is 1.79. The number of likely N-dealkylation sites (N-methyl/N-ethyl adjacent to an activating group) is 1. The number of aliphatic hydroxyl groups is 1. The van der Waals surface area contributed by atoms with Crippen LogP contribution >= 0.6 is 11.8 Å². The second kappa shape index (κ2) is 8.44. The van der Waals surface area contributed by atoms with Crippen molar-refractivity contribution in [3.05, 3.63) is 30.3 Å². The number of rotatable bonds is 6. The molecule has 0 aliphatic heterocycles. The Morgan fingerprint density at radius 2 is 2.00 bits per heavy atom. The fourth-order valence-electron chi connectivity index (χ4n) is 2.83. The van der Waals surface area contributed by atoms with Crippen LogP contribution in [0, 0.1) is 0 Å². The second-order valence-corrected chi connectivity index (χ2v) is 6.86. The molecule has 1 saturated carbocycles. The van der Waals surface area contributed by atoms with Crippen LogP contribution in [0.25, 0.3) is 0 Å². The predicted octanol–water partition coefficient (Wildman–Crippen LogP) is 3.32. The van der Waals surface area contributed by atoms with E-state index in [0.29, 0.717) is 6.42 Å². The van der Waals surface area contributed by atoms with Gasteiger partial charge in [-0.15, -0.1) is 11.8 Å². The van der Waals surface area contributed by atoms with Gasteiger partial charge in [0.25, 0.3) is 0 Å². The molecule has 21 heavy (non-hydrogen) atoms. The first-order valence-electron chi connectivity index (χ1n) is 7.80. The summed E-state index contributed by atoms with van der Waals surface area (Å²) < 4.78 is 0. The quantitative estimate of drug-likeness (QED) is 0.647. The topological polar surface area (TPSA) is 40.5 Å². The molecule has 0 radical (unpaired) electrons. The van der Waals surface area contributed by atoms with Gasteiger partial charge < -0.3 is 10.0 Å². The number of thioether (sulfide) groups is 1. The van der Waals surface area contributed by atoms with Crippen molar-refractivity contribution in [2.75, 3.05) is 12.8 Å². The van der Waals surface area contributed by atoms with Gasteiger partial charge >= 0.3 is 0 Å². The van der Waals surface area contributed by atoms with E-state index in [2.05, 4.69) is 12.1 Å². The maximum absolute atomic E-state index is 12.2. The van der Waals surface area contributed by atoms with Gasteiger partial charge in [-0.3, -0.25) is 4.79 Å². The summed E-state index contributed by atoms with van der Waals surface area (Å²) in [4.78, 5) is 15.2. The number of aliphatic hydroxyl groups excluding tert-OH is 1. The van der Waals surface area contributed by atoms with E-state index in [0.717, 1.165) is 37.9 Å². The van der Waals surface area contributed by atoms with Crippen LogP contribution in [0.15, 0.2) is 35.2 Å². The Bertz CT molecular complexity index is 438. The monoisotopic (exact) mass is 307 g/mol. The van der Waals surface area contributed by atoms with Gasteiger partial charge in [0.2, 0.25) is 5.91 Å². The van der Waals surface area contributed by atoms with Gasteiger partial charge in [-0.05, 0) is 37.1 Å². The van der Waals surface area contributed by atoms with E-state index in [-0.39, 0.29) is 18.1 Å². The zero-order valence-corrected chi connectivity index (χ0v) is 13.5. The third kappa shape index (κ3) is 5.04. The fraction of sp³-hybridized carbons (Fsp3) is 0.588. The molecule has 1 aliphatic carbocycles. The lowest BCUT2D eigenvalue weighted by Gasteiger charge is -2.35. The summed E-state index contributed by atoms with van der Waals surface area (Å²) in [6.07, 6.45) is 5.06. The first-order chi connectivity index (χ1) is 10.2. The molecule has 2 unspecified atom stereocenters. The molecule has 1 N–H and O–H groups in total. The maximum Gasteiger partial charge on any atom is 0.222 e. The maximum atomic E-state index is 12.2. The third-order valence-corrected chi connectivity index (χ3v) is 5.23. The largest absolute Gasteiger partial charge is 0.391 e. The van der Waals surface area contributed by atoms with Crippen molar-refractivity contribution >= 4 is 17.7 Å². The molecule has 1 aliphatic rings. The molecule has 0 saturated heterocycles. The highest BCUT2D eigenvalue weighted by atomic mass is 32.2. The number of carbonyl (C=O) groups excluding carboxylic acids is 1. The molecule has 0 spiro atoms. The summed E-state index contributed by atoms with van der Waals surface area (Å²) in [5, 5.41) is 10.0. The molecule has 1 aromatic carbocycles. The van der Waals surface area contributed by atoms with Crippen molar-refractivity contribution < 1.29 is 9.90 Å². The highest BCUT2D eigenvalue weighted by Crippen LogP contribution is 2.23. The summed E-state index contributed by atoms with van der Waals surface area (Å²) in [6, 6.07) is 10.3. The molecular weight excluding hydrogens is 282 g/mol. The van der Waals surface area contributed by atoms with Crippen LogP contribution in [-0.4, -0.2) is 40.9 Å². The summed E-state index contributed by atoms with van der Waals surface area (Å²) in [5.74, 6) is 1.12. The Kier molecular flexibility index (Phi) is 6.58. The van der Waals surface area contributed by atoms with Crippen LogP contribution in [0.3, 0.4) is 0 Å². The number of nitrogens with zero attached hydrogens (tertiary/aromatic N) is 1. The molecule has 1 aromatic rings. The van der Waals surface area contributed by atoms with E-state index in [9.17, 15) is 9.90 Å². The van der Waals surface area contributed by atoms with Crippen LogP contribution < -0.4 is 0 Å². The molecule has 0 bridgehead atoms. The number of hydrogen-bond donors (Lipinski definition) is 1. The molecule has 4 heteroatoms. The van der Waals surface area contributed by atoms with Gasteiger partial charge in [-0.2, -0.15) is 0 Å². The average molecular weight is 307 g/mol. The van der Waals surface area contributed by atoms with Gasteiger partial charge in [0.05, 0.1) is 12.1 Å². The minimum atomic E-state index is -0.341. The van der Waals surface area contributed by atoms with Crippen molar-refractivity contribution in [1.82, 2.24) is 4.90 Å². The SMILES string of the molecule is CN(C(=O)CCCSc1ccccc1)C1CCCCC1O. The van der Waals surface area contributed by atoms with E-state index in [1.165, 1.54) is 4.90 Å². The average Bonchev–Trinajstić information content (AvgIpc) is 2.52. The highest BCUT2D eigenvalue weighted by Gasteiger charge is 2.28. The molecule has 116 valence electrons. The van der Waals surface area contributed by atoms with E-state index in [1.54, 1.807) is 16.7 Å². The first-order valence-corrected chi connectivity index (χ1v) is 8.78. The molecule has 0 heterocycles. The van der Waals surface area contributed by atoms with Crippen molar-refractivity contribution in [3.63, 3.8) is 0 Å². The molecule has 1 fully saturated rings. The normalized spacial score (nSPS) is 22.0. The number of carbonyl (C=O) groups is 1. The molecule has 2 atom stereocenters. The minimum absolute atomic E-state index is 0.0213. The molecular formula is C17H25NO2S. The third-order valence-electron chi connectivity index (χ3n) is 4.13. The van der Waals surface area contributed by atoms with Crippen LogP contribution in [0.2, 0.25) is 0 Å². The van der Waals surface area contributed by atoms with Gasteiger partial charge in [0.1, 0.15) is 0 Å². The van der Waals surface area contributed by atoms with E-state index in [1.807, 2.05) is 25.2 Å². The van der Waals surface area contributed by atoms with Crippen molar-refractivity contribution in [2.24, 2.45) is 0 Å². The van der Waals surface area contributed by atoms with Crippen LogP contribution in [0.5, 0.6) is 0 Å². The number of hydrogen-bond acceptors (Lipinski definition) is 3. The van der Waals surface area contributed by atoms with Gasteiger partial charge in [0.15, 0.2) is 0 Å². The van der Waals surface area contributed by atoms with E-state index >= 15 is 0 Å². The Balaban J connectivity index is 1.69. The summed E-state index contributed by atoms with van der Waals surface area (Å²) in [6.45, 7) is 0. The molecule has 1 amide bonds. The Labute approximate surface area is 131 Å². The van der Waals surface area contributed by atoms with Crippen molar-refractivity contribution in [3.8, 4) is 0 Å². The van der Waals surface area contributed by atoms with Gasteiger partial charge in [-0.1, -0.05) is 31.0 Å². The standard InChI is InChI=1S/C17H25NO2S/c1-18(15-10-5-6-11-16(15)19)17(20)12-7-13-21-14-8-3-2-4-9-14/h2-4,8-9,15-16,19H,5-7,10-13H2,1H3. The van der Waals surface area contributed by atoms with E-state index in [4.69, 9.17) is 0 Å². The zero-order valence-electron chi connectivity index (χ0n) is 12.7. The zero-order chi connectivity index (χ0) is 15.1. The lowest BCUT2D eigenvalue weighted by molar-refractivity contribution is -0.135. The smallest absolute Gasteiger partial charge is 0.222 e. The van der Waals surface area contributed by atoms with Crippen molar-refractivity contribution in [2.45, 2.75) is 55.6 Å².